The van der Waals surface area contributed by atoms with Crippen molar-refractivity contribution in [1.82, 2.24) is 0 Å². The van der Waals surface area contributed by atoms with Crippen LogP contribution in [0.4, 0.5) is 34.1 Å². The van der Waals surface area contributed by atoms with Crippen LogP contribution >= 0.6 is 0 Å². The highest BCUT2D eigenvalue weighted by Crippen LogP contribution is 2.58. The van der Waals surface area contributed by atoms with Gasteiger partial charge in [0.2, 0.25) is 0 Å². The minimum absolute atomic E-state index is 0.0384. The molecule has 0 unspecified atom stereocenters. The van der Waals surface area contributed by atoms with Gasteiger partial charge in [-0.1, -0.05) is 316 Å². The van der Waals surface area contributed by atoms with Gasteiger partial charge in [-0.25, -0.2) is 0 Å². The summed E-state index contributed by atoms with van der Waals surface area (Å²) >= 11 is 0. The van der Waals surface area contributed by atoms with Crippen LogP contribution in [0.25, 0.3) is 111 Å². The van der Waals surface area contributed by atoms with Crippen molar-refractivity contribution < 1.29 is 0 Å². The molecule has 0 heterocycles. The van der Waals surface area contributed by atoms with Gasteiger partial charge in [0.05, 0.1) is 5.69 Å². The van der Waals surface area contributed by atoms with E-state index < -0.39 is 0 Å². The molecule has 0 atom stereocenters. The lowest BCUT2D eigenvalue weighted by Gasteiger charge is -2.30. The molecule has 508 valence electrons. The average Bonchev–Trinajstić information content (AvgIpc) is 1.57. The Morgan fingerprint density at radius 2 is 0.462 bits per heavy atom. The minimum atomic E-state index is -0.0946. The first-order valence-electron chi connectivity index (χ1n) is 37.5. The maximum absolute atomic E-state index is 2.49. The van der Waals surface area contributed by atoms with Gasteiger partial charge in [0, 0.05) is 55.7 Å². The molecule has 4 aliphatic rings. The average molecular weight is 1360 g/mol. The number of rotatable bonds is 10. The van der Waals surface area contributed by atoms with Crippen LogP contribution in [0.5, 0.6) is 0 Å². The van der Waals surface area contributed by atoms with Crippen LogP contribution in [0.3, 0.4) is 0 Å². The molecule has 106 heavy (non-hydrogen) atoms. The highest BCUT2D eigenvalue weighted by atomic mass is 15.2. The van der Waals surface area contributed by atoms with Crippen molar-refractivity contribution in [1.29, 1.82) is 0 Å². The van der Waals surface area contributed by atoms with Gasteiger partial charge < -0.3 is 9.80 Å². The summed E-state index contributed by atoms with van der Waals surface area (Å²) in [6.45, 7) is 18.9. The summed E-state index contributed by atoms with van der Waals surface area (Å²) in [5, 5.41) is 4.99. The van der Waals surface area contributed by atoms with E-state index in [2.05, 4.69) is 417 Å². The summed E-state index contributed by atoms with van der Waals surface area (Å²) in [6.07, 6.45) is 0. The van der Waals surface area contributed by atoms with E-state index in [0.717, 1.165) is 17.1 Å². The maximum Gasteiger partial charge on any atom is 0.0543 e. The third-order valence-electron chi connectivity index (χ3n) is 24.1. The van der Waals surface area contributed by atoms with E-state index >= 15 is 0 Å². The smallest absolute Gasteiger partial charge is 0.0543 e. The van der Waals surface area contributed by atoms with E-state index in [-0.39, 0.29) is 21.7 Å². The summed E-state index contributed by atoms with van der Waals surface area (Å²) < 4.78 is 0. The SMILES string of the molecule is CC1(C)c2ccccc2-c2cc(N(c3ccc(-c4ccc5cc(-c6ccccc6)ccc5c4)cc3)c3ccc4c(c3)C(C)(C)c3ccccc3-4)ccc21.CC1(C)c2ccccc2-c2ccc(N(c3ccc(-c4ccc5cc(-c6ccccc6)ccc5c4)cc3)c3cccc4c3-c3ccccc3C4(C)C)cc21. The van der Waals surface area contributed by atoms with Crippen LogP contribution in [0.15, 0.2) is 352 Å². The van der Waals surface area contributed by atoms with Gasteiger partial charge >= 0.3 is 0 Å². The Bertz CT molecular complexity index is 6190. The van der Waals surface area contributed by atoms with Crippen LogP contribution in [0, 0.1) is 0 Å². The Morgan fingerprint density at radius 1 is 0.170 bits per heavy atom. The molecule has 0 aromatic heterocycles. The largest absolute Gasteiger partial charge is 0.310 e. The van der Waals surface area contributed by atoms with Crippen LogP contribution in [0.2, 0.25) is 0 Å². The first-order chi connectivity index (χ1) is 51.6. The number of hydrogen-bond donors (Lipinski definition) is 0. The van der Waals surface area contributed by atoms with Crippen molar-refractivity contribution in [3.63, 3.8) is 0 Å². The summed E-state index contributed by atoms with van der Waals surface area (Å²) in [5.74, 6) is 0. The molecule has 2 heteroatoms. The zero-order valence-corrected chi connectivity index (χ0v) is 61.4. The molecule has 0 saturated heterocycles. The van der Waals surface area contributed by atoms with Gasteiger partial charge in [0.15, 0.2) is 0 Å². The predicted molar refractivity (Wildman–Crippen MR) is 449 cm³/mol. The van der Waals surface area contributed by atoms with Crippen molar-refractivity contribution in [2.45, 2.75) is 77.0 Å². The molecule has 0 aliphatic heterocycles. The Balaban J connectivity index is 0.000000145. The summed E-state index contributed by atoms with van der Waals surface area (Å²) in [7, 11) is 0. The fourth-order valence-corrected chi connectivity index (χ4v) is 18.4. The van der Waals surface area contributed by atoms with Crippen molar-refractivity contribution in [3.05, 3.63) is 396 Å². The second kappa shape index (κ2) is 24.7. The monoisotopic (exact) mass is 1360 g/mol. The van der Waals surface area contributed by atoms with Crippen molar-refractivity contribution in [2.75, 3.05) is 9.80 Å². The van der Waals surface area contributed by atoms with Crippen LogP contribution < -0.4 is 9.80 Å². The second-order valence-electron chi connectivity index (χ2n) is 31.6. The van der Waals surface area contributed by atoms with Crippen LogP contribution in [-0.4, -0.2) is 0 Å². The Labute approximate surface area is 623 Å². The zero-order chi connectivity index (χ0) is 71.8. The molecule has 0 saturated carbocycles. The van der Waals surface area contributed by atoms with Gasteiger partial charge in [-0.05, 0) is 240 Å². The molecular weight excluding hydrogens is 1280 g/mol. The quantitative estimate of drug-likeness (QED) is 0.135. The number of anilines is 6. The minimum Gasteiger partial charge on any atom is -0.310 e. The molecular formula is C104H82N2. The molecule has 16 aromatic rings. The number of benzene rings is 16. The van der Waals surface area contributed by atoms with Crippen LogP contribution in [0.1, 0.15) is 99.9 Å². The first-order valence-corrected chi connectivity index (χ1v) is 37.5. The van der Waals surface area contributed by atoms with E-state index in [4.69, 9.17) is 0 Å². The van der Waals surface area contributed by atoms with Gasteiger partial charge in [-0.3, -0.25) is 0 Å². The molecule has 16 aromatic carbocycles. The summed E-state index contributed by atoms with van der Waals surface area (Å²) in [5.41, 5.74) is 38.3. The summed E-state index contributed by atoms with van der Waals surface area (Å²) in [6, 6.07) is 131. The third kappa shape index (κ3) is 10.4. The van der Waals surface area contributed by atoms with Gasteiger partial charge in [0.1, 0.15) is 0 Å². The molecule has 0 spiro atoms. The van der Waals surface area contributed by atoms with Gasteiger partial charge in [-0.15, -0.1) is 0 Å². The van der Waals surface area contributed by atoms with E-state index in [1.165, 1.54) is 172 Å². The highest BCUT2D eigenvalue weighted by Gasteiger charge is 2.41. The molecule has 2 nitrogen and oxygen atoms in total. The van der Waals surface area contributed by atoms with Crippen LogP contribution in [-0.2, 0) is 21.7 Å². The van der Waals surface area contributed by atoms with E-state index in [1.807, 2.05) is 0 Å². The molecule has 0 radical (unpaired) electrons. The number of hydrogen-bond acceptors (Lipinski definition) is 2. The predicted octanol–water partition coefficient (Wildman–Crippen LogP) is 28.5. The Hall–Kier alpha value is -12.4. The normalized spacial score (nSPS) is 14.3. The number of fused-ring (bicyclic) bond motifs is 14. The molecule has 0 amide bonds. The lowest BCUT2D eigenvalue weighted by molar-refractivity contribution is 0.660. The van der Waals surface area contributed by atoms with Crippen molar-refractivity contribution in [2.24, 2.45) is 0 Å². The molecule has 0 fully saturated rings. The Morgan fingerprint density at radius 3 is 0.915 bits per heavy atom. The molecule has 4 aliphatic carbocycles. The second-order valence-corrected chi connectivity index (χ2v) is 31.6. The summed E-state index contributed by atoms with van der Waals surface area (Å²) in [4.78, 5) is 4.94. The third-order valence-corrected chi connectivity index (χ3v) is 24.1. The maximum atomic E-state index is 2.49. The molecule has 0 bridgehead atoms. The first kappa shape index (κ1) is 64.5. The highest BCUT2D eigenvalue weighted by molar-refractivity contribution is 5.98. The standard InChI is InChI=1S/2C52H41N/c1-51(2)46-18-11-9-16-44(46)50-47(51)19-12-20-49(50)53(41-29-30-43-42-15-8-10-17-45(42)52(3,4)48(43)33-41)40-27-25-35(26-28-40)37-22-24-38-31-36(21-23-39(38)32-37)34-13-6-5-7-14-34;1-51(2)48-17-11-9-15-44(48)46-32-41(27-29-49(46)51)53(42-26-28-45-43-14-8-10-16-47(43)52(3,4)50(45)33-42)40-24-22-35(23-25-40)37-19-21-38-30-36(18-20-39(38)31-37)34-12-6-5-7-13-34/h2*5-33H,1-4H3. The fourth-order valence-electron chi connectivity index (χ4n) is 18.4. The lowest BCUT2D eigenvalue weighted by Crippen LogP contribution is -2.17. The van der Waals surface area contributed by atoms with E-state index in [9.17, 15) is 0 Å². The zero-order valence-electron chi connectivity index (χ0n) is 61.4. The van der Waals surface area contributed by atoms with E-state index in [1.54, 1.807) is 0 Å². The van der Waals surface area contributed by atoms with Gasteiger partial charge in [-0.2, -0.15) is 0 Å². The molecule has 0 N–H and O–H groups in total. The number of nitrogens with zero attached hydrogens (tertiary/aromatic N) is 2. The van der Waals surface area contributed by atoms with Crippen molar-refractivity contribution in [3.8, 4) is 89.0 Å². The van der Waals surface area contributed by atoms with E-state index in [0.29, 0.717) is 0 Å². The van der Waals surface area contributed by atoms with Gasteiger partial charge in [0.25, 0.3) is 0 Å². The van der Waals surface area contributed by atoms with Crippen molar-refractivity contribution >= 4 is 55.7 Å². The fraction of sp³-hybridized carbons (Fsp3) is 0.115. The Kier molecular flexibility index (Phi) is 15.0. The lowest BCUT2D eigenvalue weighted by atomic mass is 9.82. The molecule has 20 rings (SSSR count). The topological polar surface area (TPSA) is 6.48 Å².